The molecule has 0 saturated heterocycles. The lowest BCUT2D eigenvalue weighted by Gasteiger charge is -2.13. The van der Waals surface area contributed by atoms with E-state index in [4.69, 9.17) is 11.6 Å². The Balaban J connectivity index is 2.08. The van der Waals surface area contributed by atoms with E-state index >= 15 is 0 Å². The summed E-state index contributed by atoms with van der Waals surface area (Å²) in [5.41, 5.74) is 1.62. The van der Waals surface area contributed by atoms with Gasteiger partial charge in [-0.2, -0.15) is 0 Å². The van der Waals surface area contributed by atoms with E-state index in [2.05, 4.69) is 17.5 Å². The van der Waals surface area contributed by atoms with Crippen molar-refractivity contribution in [2.75, 3.05) is 0 Å². The topological polar surface area (TPSA) is 29.1 Å². The van der Waals surface area contributed by atoms with E-state index in [-0.39, 0.29) is 11.9 Å². The third kappa shape index (κ3) is 2.45. The third-order valence-corrected chi connectivity index (χ3v) is 3.01. The number of hydrogen-bond donors (Lipinski definition) is 1. The van der Waals surface area contributed by atoms with Crippen LogP contribution >= 0.6 is 11.6 Å². The number of halogens is 1. The molecule has 0 aliphatic heterocycles. The lowest BCUT2D eigenvalue weighted by molar-refractivity contribution is 0.0938. The van der Waals surface area contributed by atoms with Crippen LogP contribution in [0.15, 0.2) is 30.4 Å². The summed E-state index contributed by atoms with van der Waals surface area (Å²) in [6, 6.07) is 5.58. The first-order chi connectivity index (χ1) is 7.66. The highest BCUT2D eigenvalue weighted by Crippen LogP contribution is 2.16. The van der Waals surface area contributed by atoms with Crippen LogP contribution < -0.4 is 5.32 Å². The predicted octanol–water partition coefficient (Wildman–Crippen LogP) is 3.10. The van der Waals surface area contributed by atoms with Crippen LogP contribution in [0.3, 0.4) is 0 Å². The van der Waals surface area contributed by atoms with Crippen molar-refractivity contribution >= 4 is 17.5 Å². The number of hydrogen-bond acceptors (Lipinski definition) is 1. The summed E-state index contributed by atoms with van der Waals surface area (Å²) in [5, 5.41) is 3.67. The van der Waals surface area contributed by atoms with Crippen molar-refractivity contribution in [1.29, 1.82) is 0 Å². The SMILES string of the molecule is Cc1cc(Cl)ccc1C(=O)NC1CC=CC1. The molecule has 0 aromatic heterocycles. The van der Waals surface area contributed by atoms with E-state index in [9.17, 15) is 4.79 Å². The Hall–Kier alpha value is -1.28. The molecule has 0 saturated carbocycles. The van der Waals surface area contributed by atoms with Crippen molar-refractivity contribution in [2.45, 2.75) is 25.8 Å². The van der Waals surface area contributed by atoms with E-state index in [0.29, 0.717) is 10.6 Å². The number of carbonyl (C=O) groups excluding carboxylic acids is 1. The first-order valence-electron chi connectivity index (χ1n) is 5.39. The molecule has 3 heteroatoms. The molecule has 1 aliphatic carbocycles. The molecule has 84 valence electrons. The van der Waals surface area contributed by atoms with Crippen LogP contribution in [0.4, 0.5) is 0 Å². The van der Waals surface area contributed by atoms with Crippen molar-refractivity contribution in [2.24, 2.45) is 0 Å². The second-order valence-electron chi connectivity index (χ2n) is 4.07. The van der Waals surface area contributed by atoms with E-state index in [1.807, 2.05) is 13.0 Å². The summed E-state index contributed by atoms with van der Waals surface area (Å²) < 4.78 is 0. The molecular formula is C13H14ClNO. The van der Waals surface area contributed by atoms with Crippen LogP contribution in [0.2, 0.25) is 5.02 Å². The quantitative estimate of drug-likeness (QED) is 0.785. The van der Waals surface area contributed by atoms with Gasteiger partial charge in [0.2, 0.25) is 0 Å². The molecule has 0 spiro atoms. The van der Waals surface area contributed by atoms with Gasteiger partial charge in [0.1, 0.15) is 0 Å². The zero-order chi connectivity index (χ0) is 11.5. The van der Waals surface area contributed by atoms with Crippen LogP contribution in [-0.2, 0) is 0 Å². The average molecular weight is 236 g/mol. The molecule has 1 aromatic carbocycles. The summed E-state index contributed by atoms with van der Waals surface area (Å²) >= 11 is 5.85. The van der Waals surface area contributed by atoms with Gasteiger partial charge in [0.15, 0.2) is 0 Å². The van der Waals surface area contributed by atoms with Gasteiger partial charge in [-0.1, -0.05) is 23.8 Å². The lowest BCUT2D eigenvalue weighted by Crippen LogP contribution is -2.33. The second-order valence-corrected chi connectivity index (χ2v) is 4.51. The normalized spacial score (nSPS) is 15.4. The third-order valence-electron chi connectivity index (χ3n) is 2.78. The maximum atomic E-state index is 12.0. The van der Waals surface area contributed by atoms with Gasteiger partial charge >= 0.3 is 0 Å². The summed E-state index contributed by atoms with van der Waals surface area (Å²) in [6.45, 7) is 1.90. The largest absolute Gasteiger partial charge is 0.349 e. The van der Waals surface area contributed by atoms with Crippen LogP contribution in [0.5, 0.6) is 0 Å². The smallest absolute Gasteiger partial charge is 0.251 e. The zero-order valence-electron chi connectivity index (χ0n) is 9.16. The number of carbonyl (C=O) groups is 1. The van der Waals surface area contributed by atoms with Crippen molar-refractivity contribution in [3.8, 4) is 0 Å². The van der Waals surface area contributed by atoms with E-state index in [1.54, 1.807) is 12.1 Å². The zero-order valence-corrected chi connectivity index (χ0v) is 9.92. The van der Waals surface area contributed by atoms with Crippen LogP contribution in [0.1, 0.15) is 28.8 Å². The predicted molar refractivity (Wildman–Crippen MR) is 65.8 cm³/mol. The van der Waals surface area contributed by atoms with Gasteiger partial charge in [0.25, 0.3) is 5.91 Å². The Morgan fingerprint density at radius 2 is 2.06 bits per heavy atom. The van der Waals surface area contributed by atoms with Crippen LogP contribution in [0, 0.1) is 6.92 Å². The van der Waals surface area contributed by atoms with Gasteiger partial charge < -0.3 is 5.32 Å². The van der Waals surface area contributed by atoms with E-state index < -0.39 is 0 Å². The Bertz CT molecular complexity index is 432. The molecule has 0 bridgehead atoms. The number of nitrogens with one attached hydrogen (secondary N) is 1. The molecule has 2 nitrogen and oxygen atoms in total. The van der Waals surface area contributed by atoms with Gasteiger partial charge in [-0.25, -0.2) is 0 Å². The molecule has 2 rings (SSSR count). The Kier molecular flexibility index (Phi) is 3.30. The summed E-state index contributed by atoms with van der Waals surface area (Å²) in [5.74, 6) is -0.0112. The Morgan fingerprint density at radius 3 is 2.69 bits per heavy atom. The Morgan fingerprint density at radius 1 is 1.38 bits per heavy atom. The van der Waals surface area contributed by atoms with Crippen molar-refractivity contribution in [1.82, 2.24) is 5.32 Å². The first-order valence-corrected chi connectivity index (χ1v) is 5.76. The fraction of sp³-hybridized carbons (Fsp3) is 0.308. The van der Waals surface area contributed by atoms with Gasteiger partial charge in [-0.05, 0) is 43.5 Å². The monoisotopic (exact) mass is 235 g/mol. The van der Waals surface area contributed by atoms with E-state index in [0.717, 1.165) is 18.4 Å². The molecule has 0 fully saturated rings. The van der Waals surface area contributed by atoms with Gasteiger partial charge in [0, 0.05) is 16.6 Å². The molecule has 0 unspecified atom stereocenters. The molecule has 0 radical (unpaired) electrons. The maximum Gasteiger partial charge on any atom is 0.251 e. The average Bonchev–Trinajstić information content (AvgIpc) is 2.70. The van der Waals surface area contributed by atoms with E-state index in [1.165, 1.54) is 0 Å². The number of amides is 1. The minimum atomic E-state index is -0.0112. The molecule has 16 heavy (non-hydrogen) atoms. The lowest BCUT2D eigenvalue weighted by atomic mass is 10.1. The molecule has 0 heterocycles. The standard InChI is InChI=1S/C13H14ClNO/c1-9-8-10(14)6-7-12(9)13(16)15-11-4-2-3-5-11/h2-3,6-8,11H,4-5H2,1H3,(H,15,16). The minimum absolute atomic E-state index is 0.0112. The molecule has 1 aliphatic rings. The summed E-state index contributed by atoms with van der Waals surface area (Å²) in [6.07, 6.45) is 6.05. The fourth-order valence-electron chi connectivity index (χ4n) is 1.88. The maximum absolute atomic E-state index is 12.0. The number of aryl methyl sites for hydroxylation is 1. The van der Waals surface area contributed by atoms with Gasteiger partial charge in [-0.3, -0.25) is 4.79 Å². The molecule has 1 amide bonds. The Labute approximate surface area is 100 Å². The molecule has 0 atom stereocenters. The molecular weight excluding hydrogens is 222 g/mol. The minimum Gasteiger partial charge on any atom is -0.349 e. The van der Waals surface area contributed by atoms with Crippen molar-refractivity contribution in [3.63, 3.8) is 0 Å². The highest BCUT2D eigenvalue weighted by molar-refractivity contribution is 6.30. The van der Waals surface area contributed by atoms with Crippen LogP contribution in [0.25, 0.3) is 0 Å². The number of benzene rings is 1. The summed E-state index contributed by atoms with van der Waals surface area (Å²) in [4.78, 5) is 12.0. The summed E-state index contributed by atoms with van der Waals surface area (Å²) in [7, 11) is 0. The highest BCUT2D eigenvalue weighted by atomic mass is 35.5. The van der Waals surface area contributed by atoms with Crippen LogP contribution in [-0.4, -0.2) is 11.9 Å². The number of rotatable bonds is 2. The fourth-order valence-corrected chi connectivity index (χ4v) is 2.11. The van der Waals surface area contributed by atoms with Gasteiger partial charge in [-0.15, -0.1) is 0 Å². The van der Waals surface area contributed by atoms with Crippen molar-refractivity contribution in [3.05, 3.63) is 46.5 Å². The van der Waals surface area contributed by atoms with Crippen molar-refractivity contribution < 1.29 is 4.79 Å². The second kappa shape index (κ2) is 4.71. The first kappa shape index (κ1) is 11.2. The molecule has 1 aromatic rings. The molecule has 1 N–H and O–H groups in total. The van der Waals surface area contributed by atoms with Gasteiger partial charge in [0.05, 0.1) is 0 Å². The highest BCUT2D eigenvalue weighted by Gasteiger charge is 2.15.